The van der Waals surface area contributed by atoms with Crippen LogP contribution in [0.2, 0.25) is 0 Å². The predicted octanol–water partition coefficient (Wildman–Crippen LogP) is 3.12. The Bertz CT molecular complexity index is 874. The SMILES string of the molecule is COCCN(C)c1ccc(CC(=O)NC2CCN(c3cncc(C(F)(F)F)c3)C2)cc1. The van der Waals surface area contributed by atoms with Crippen molar-refractivity contribution in [3.63, 3.8) is 0 Å². The molecule has 1 aliphatic rings. The molecule has 1 fully saturated rings. The van der Waals surface area contributed by atoms with Crippen LogP contribution in [0.25, 0.3) is 0 Å². The number of halogens is 3. The summed E-state index contributed by atoms with van der Waals surface area (Å²) < 4.78 is 43.8. The highest BCUT2D eigenvalue weighted by molar-refractivity contribution is 5.79. The van der Waals surface area contributed by atoms with E-state index in [0.29, 0.717) is 31.8 Å². The molecule has 0 aliphatic carbocycles. The summed E-state index contributed by atoms with van der Waals surface area (Å²) in [5, 5.41) is 2.99. The number of nitrogens with zero attached hydrogens (tertiary/aromatic N) is 3. The molecular weight excluding hydrogens is 409 g/mol. The van der Waals surface area contributed by atoms with E-state index < -0.39 is 11.7 Å². The van der Waals surface area contributed by atoms with Crippen molar-refractivity contribution in [1.29, 1.82) is 0 Å². The third-order valence-corrected chi connectivity index (χ3v) is 5.34. The molecule has 6 nitrogen and oxygen atoms in total. The van der Waals surface area contributed by atoms with Crippen molar-refractivity contribution in [1.82, 2.24) is 10.3 Å². The molecule has 1 aliphatic heterocycles. The van der Waals surface area contributed by atoms with E-state index in [9.17, 15) is 18.0 Å². The smallest absolute Gasteiger partial charge is 0.383 e. The standard InChI is InChI=1S/C22H27F3N4O2/c1-28(9-10-31-2)19-5-3-16(4-6-19)11-21(30)27-18-7-8-29(15-18)20-12-17(13-26-14-20)22(23,24)25/h3-6,12-14,18H,7-11,15H2,1-2H3,(H,27,30). The number of alkyl halides is 3. The minimum atomic E-state index is -4.43. The number of amides is 1. The van der Waals surface area contributed by atoms with Crippen LogP contribution in [0, 0.1) is 0 Å². The molecule has 0 bridgehead atoms. The maximum atomic E-state index is 12.9. The lowest BCUT2D eigenvalue weighted by atomic mass is 10.1. The highest BCUT2D eigenvalue weighted by Gasteiger charge is 2.32. The predicted molar refractivity (Wildman–Crippen MR) is 113 cm³/mol. The number of hydrogen-bond donors (Lipinski definition) is 1. The summed E-state index contributed by atoms with van der Waals surface area (Å²) in [6, 6.07) is 8.77. The van der Waals surface area contributed by atoms with Gasteiger partial charge in [-0.3, -0.25) is 9.78 Å². The highest BCUT2D eigenvalue weighted by Crippen LogP contribution is 2.31. The van der Waals surface area contributed by atoms with Crippen molar-refractivity contribution < 1.29 is 22.7 Å². The summed E-state index contributed by atoms with van der Waals surface area (Å²) in [6.07, 6.45) is -1.26. The first-order valence-electron chi connectivity index (χ1n) is 10.1. The van der Waals surface area contributed by atoms with Crippen LogP contribution >= 0.6 is 0 Å². The molecular formula is C22H27F3N4O2. The summed E-state index contributed by atoms with van der Waals surface area (Å²) in [4.78, 5) is 20.0. The maximum absolute atomic E-state index is 12.9. The Morgan fingerprint density at radius 2 is 2.03 bits per heavy atom. The van der Waals surface area contributed by atoms with Crippen molar-refractivity contribution in [2.24, 2.45) is 0 Å². The zero-order valence-corrected chi connectivity index (χ0v) is 17.7. The van der Waals surface area contributed by atoms with Crippen molar-refractivity contribution in [3.05, 3.63) is 53.9 Å². The quantitative estimate of drug-likeness (QED) is 0.689. The van der Waals surface area contributed by atoms with Gasteiger partial charge in [-0.2, -0.15) is 13.2 Å². The molecule has 1 atom stereocenters. The molecule has 168 valence electrons. The highest BCUT2D eigenvalue weighted by atomic mass is 19.4. The van der Waals surface area contributed by atoms with E-state index in [4.69, 9.17) is 4.74 Å². The van der Waals surface area contributed by atoms with Crippen molar-refractivity contribution in [2.45, 2.75) is 25.1 Å². The third-order valence-electron chi connectivity index (χ3n) is 5.34. The number of nitrogens with one attached hydrogen (secondary N) is 1. The summed E-state index contributed by atoms with van der Waals surface area (Å²) in [6.45, 7) is 2.43. The number of likely N-dealkylation sites (N-methyl/N-ethyl adjacent to an activating group) is 1. The van der Waals surface area contributed by atoms with E-state index >= 15 is 0 Å². The number of pyridine rings is 1. The Kier molecular flexibility index (Phi) is 7.37. The van der Waals surface area contributed by atoms with Crippen molar-refractivity contribution in [3.8, 4) is 0 Å². The van der Waals surface area contributed by atoms with Gasteiger partial charge in [0.15, 0.2) is 0 Å². The lowest BCUT2D eigenvalue weighted by Gasteiger charge is -2.20. The molecule has 0 radical (unpaired) electrons. The molecule has 1 amide bonds. The van der Waals surface area contributed by atoms with Gasteiger partial charge in [-0.25, -0.2) is 0 Å². The van der Waals surface area contributed by atoms with Gasteiger partial charge in [-0.1, -0.05) is 12.1 Å². The van der Waals surface area contributed by atoms with E-state index in [1.807, 2.05) is 36.2 Å². The van der Waals surface area contributed by atoms with E-state index in [1.165, 1.54) is 6.20 Å². The number of anilines is 2. The van der Waals surface area contributed by atoms with E-state index in [0.717, 1.165) is 30.1 Å². The second-order valence-electron chi connectivity index (χ2n) is 7.69. The van der Waals surface area contributed by atoms with Gasteiger partial charge in [0, 0.05) is 51.7 Å². The van der Waals surface area contributed by atoms with Gasteiger partial charge < -0.3 is 19.9 Å². The largest absolute Gasteiger partial charge is 0.417 e. The van der Waals surface area contributed by atoms with Crippen LogP contribution in [0.1, 0.15) is 17.5 Å². The molecule has 1 unspecified atom stereocenters. The fourth-order valence-electron chi connectivity index (χ4n) is 3.56. The first kappa shape index (κ1) is 22.9. The normalized spacial score (nSPS) is 16.4. The van der Waals surface area contributed by atoms with Crippen LogP contribution in [-0.4, -0.2) is 57.3 Å². The fourth-order valence-corrected chi connectivity index (χ4v) is 3.56. The van der Waals surface area contributed by atoms with Crippen molar-refractivity contribution in [2.75, 3.05) is 50.2 Å². The van der Waals surface area contributed by atoms with Crippen LogP contribution in [0.4, 0.5) is 24.5 Å². The number of benzene rings is 1. The molecule has 1 aromatic carbocycles. The summed E-state index contributed by atoms with van der Waals surface area (Å²) in [5.41, 5.74) is 1.59. The summed E-state index contributed by atoms with van der Waals surface area (Å²) >= 11 is 0. The molecule has 1 saturated heterocycles. The average Bonchev–Trinajstić information content (AvgIpc) is 3.20. The Labute approximate surface area is 180 Å². The van der Waals surface area contributed by atoms with Gasteiger partial charge in [0.2, 0.25) is 5.91 Å². The van der Waals surface area contributed by atoms with Crippen LogP contribution in [0.5, 0.6) is 0 Å². The molecule has 31 heavy (non-hydrogen) atoms. The number of methoxy groups -OCH3 is 1. The zero-order valence-electron chi connectivity index (χ0n) is 17.7. The van der Waals surface area contributed by atoms with Gasteiger partial charge in [-0.05, 0) is 30.2 Å². The summed E-state index contributed by atoms with van der Waals surface area (Å²) in [5.74, 6) is -0.102. The minimum Gasteiger partial charge on any atom is -0.383 e. The number of carbonyl (C=O) groups excluding carboxylic acids is 1. The number of rotatable bonds is 8. The van der Waals surface area contributed by atoms with E-state index in [1.54, 1.807) is 7.11 Å². The average molecular weight is 436 g/mol. The molecule has 0 saturated carbocycles. The second kappa shape index (κ2) is 10.00. The number of aromatic nitrogens is 1. The minimum absolute atomic E-state index is 0.102. The molecule has 2 heterocycles. The first-order valence-corrected chi connectivity index (χ1v) is 10.1. The van der Waals surface area contributed by atoms with Gasteiger partial charge in [-0.15, -0.1) is 0 Å². The number of ether oxygens (including phenoxy) is 1. The Hall–Kier alpha value is -2.81. The molecule has 3 rings (SSSR count). The van der Waals surface area contributed by atoms with E-state index in [2.05, 4.69) is 15.2 Å². The van der Waals surface area contributed by atoms with Crippen LogP contribution < -0.4 is 15.1 Å². The molecule has 0 spiro atoms. The zero-order chi connectivity index (χ0) is 22.4. The number of carbonyl (C=O) groups is 1. The van der Waals surface area contributed by atoms with Crippen LogP contribution in [-0.2, 0) is 22.1 Å². The lowest BCUT2D eigenvalue weighted by Crippen LogP contribution is -2.38. The maximum Gasteiger partial charge on any atom is 0.417 e. The van der Waals surface area contributed by atoms with Gasteiger partial charge in [0.05, 0.1) is 30.5 Å². The Morgan fingerprint density at radius 1 is 1.29 bits per heavy atom. The molecule has 2 aromatic rings. The molecule has 1 aromatic heterocycles. The third kappa shape index (κ3) is 6.33. The molecule has 9 heteroatoms. The van der Waals surface area contributed by atoms with E-state index in [-0.39, 0.29) is 18.4 Å². The molecule has 1 N–H and O–H groups in total. The van der Waals surface area contributed by atoms with Gasteiger partial charge in [0.1, 0.15) is 0 Å². The Morgan fingerprint density at radius 3 is 2.71 bits per heavy atom. The Balaban J connectivity index is 1.51. The van der Waals surface area contributed by atoms with Crippen LogP contribution in [0.3, 0.4) is 0 Å². The monoisotopic (exact) mass is 436 g/mol. The summed E-state index contributed by atoms with van der Waals surface area (Å²) in [7, 11) is 3.64. The van der Waals surface area contributed by atoms with Crippen molar-refractivity contribution >= 4 is 17.3 Å². The second-order valence-corrected chi connectivity index (χ2v) is 7.69. The van der Waals surface area contributed by atoms with Gasteiger partial charge >= 0.3 is 6.18 Å². The van der Waals surface area contributed by atoms with Crippen LogP contribution in [0.15, 0.2) is 42.7 Å². The lowest BCUT2D eigenvalue weighted by molar-refractivity contribution is -0.137. The number of hydrogen-bond acceptors (Lipinski definition) is 5. The first-order chi connectivity index (χ1) is 14.8. The topological polar surface area (TPSA) is 57.7 Å². The van der Waals surface area contributed by atoms with Gasteiger partial charge in [0.25, 0.3) is 0 Å². The fraction of sp³-hybridized carbons (Fsp3) is 0.455.